The first kappa shape index (κ1) is 13.2. The van der Waals surface area contributed by atoms with Gasteiger partial charge in [0.1, 0.15) is 10.9 Å². The van der Waals surface area contributed by atoms with Crippen LogP contribution in [0.15, 0.2) is 6.07 Å². The Morgan fingerprint density at radius 1 is 1.44 bits per heavy atom. The molecule has 0 amide bonds. The number of nitrogens with one attached hydrogen (secondary N) is 1. The Hall–Kier alpha value is -1.24. The molecule has 0 saturated carbocycles. The summed E-state index contributed by atoms with van der Waals surface area (Å²) in [5, 5.41) is 0.968. The van der Waals surface area contributed by atoms with Gasteiger partial charge in [-0.05, 0) is 26.3 Å². The number of aryl methyl sites for hydroxylation is 1. The van der Waals surface area contributed by atoms with Crippen LogP contribution in [-0.2, 0) is 4.74 Å². The van der Waals surface area contributed by atoms with Gasteiger partial charge in [-0.3, -0.25) is 0 Å². The summed E-state index contributed by atoms with van der Waals surface area (Å²) in [6, 6.07) is 2.04. The number of hydrogen-bond donors (Lipinski definition) is 2. The lowest BCUT2D eigenvalue weighted by Crippen LogP contribution is -2.13. The van der Waals surface area contributed by atoms with Gasteiger partial charge < -0.3 is 10.2 Å². The van der Waals surface area contributed by atoms with Crippen molar-refractivity contribution in [1.29, 1.82) is 0 Å². The summed E-state index contributed by atoms with van der Waals surface area (Å²) in [5.41, 5.74) is 2.64. The van der Waals surface area contributed by atoms with E-state index in [4.69, 9.17) is 10.6 Å². The molecular weight excluding hydrogens is 248 g/mol. The Balaban J connectivity index is 2.51. The third-order valence-corrected chi connectivity index (χ3v) is 3.64. The molecule has 1 unspecified atom stereocenters. The van der Waals surface area contributed by atoms with Crippen molar-refractivity contribution < 1.29 is 4.74 Å². The van der Waals surface area contributed by atoms with E-state index in [0.29, 0.717) is 18.2 Å². The second kappa shape index (κ2) is 5.60. The lowest BCUT2D eigenvalue weighted by molar-refractivity contribution is 0.0538. The minimum atomic E-state index is -0.0751. The number of nitrogens with zero attached hydrogens (tertiary/aromatic N) is 2. The Morgan fingerprint density at radius 3 is 2.83 bits per heavy atom. The van der Waals surface area contributed by atoms with E-state index in [1.54, 1.807) is 11.3 Å². The SMILES string of the molecule is CCOC(CC)c1nc(NN)c2cc(C)sc2n1. The highest BCUT2D eigenvalue weighted by Gasteiger charge is 2.16. The van der Waals surface area contributed by atoms with Crippen molar-refractivity contribution in [3.63, 3.8) is 0 Å². The van der Waals surface area contributed by atoms with Gasteiger partial charge in [-0.2, -0.15) is 0 Å². The first-order chi connectivity index (χ1) is 8.69. The van der Waals surface area contributed by atoms with Crippen molar-refractivity contribution in [3.05, 3.63) is 16.8 Å². The summed E-state index contributed by atoms with van der Waals surface area (Å²) in [6.45, 7) is 6.72. The summed E-state index contributed by atoms with van der Waals surface area (Å²) in [5.74, 6) is 6.89. The average molecular weight is 266 g/mol. The quantitative estimate of drug-likeness (QED) is 0.643. The van der Waals surface area contributed by atoms with Crippen LogP contribution < -0.4 is 11.3 Å². The topological polar surface area (TPSA) is 73.1 Å². The van der Waals surface area contributed by atoms with Crippen molar-refractivity contribution in [2.75, 3.05) is 12.0 Å². The smallest absolute Gasteiger partial charge is 0.161 e. The number of hydrazine groups is 1. The fourth-order valence-electron chi connectivity index (χ4n) is 1.89. The molecule has 0 fully saturated rings. The molecule has 3 N–H and O–H groups in total. The maximum absolute atomic E-state index is 5.64. The highest BCUT2D eigenvalue weighted by molar-refractivity contribution is 7.18. The molecular formula is C12H18N4OS. The molecule has 1 atom stereocenters. The maximum Gasteiger partial charge on any atom is 0.161 e. The Kier molecular flexibility index (Phi) is 4.11. The molecule has 0 saturated heterocycles. The molecule has 2 aromatic rings. The third-order valence-electron chi connectivity index (χ3n) is 2.70. The fraction of sp³-hybridized carbons (Fsp3) is 0.500. The van der Waals surface area contributed by atoms with E-state index in [-0.39, 0.29) is 6.10 Å². The molecule has 98 valence electrons. The van der Waals surface area contributed by atoms with Gasteiger partial charge in [-0.1, -0.05) is 6.92 Å². The van der Waals surface area contributed by atoms with Gasteiger partial charge in [-0.25, -0.2) is 15.8 Å². The van der Waals surface area contributed by atoms with Gasteiger partial charge in [0, 0.05) is 11.5 Å². The van der Waals surface area contributed by atoms with Crippen LogP contribution >= 0.6 is 11.3 Å². The highest BCUT2D eigenvalue weighted by Crippen LogP contribution is 2.30. The molecule has 0 radical (unpaired) electrons. The molecule has 6 heteroatoms. The first-order valence-corrected chi connectivity index (χ1v) is 6.87. The number of aromatic nitrogens is 2. The molecule has 0 aliphatic rings. The molecule has 5 nitrogen and oxygen atoms in total. The second-order valence-electron chi connectivity index (χ2n) is 4.00. The molecule has 2 heterocycles. The van der Waals surface area contributed by atoms with Gasteiger partial charge in [0.25, 0.3) is 0 Å². The predicted molar refractivity (Wildman–Crippen MR) is 74.6 cm³/mol. The minimum Gasteiger partial charge on any atom is -0.371 e. The monoisotopic (exact) mass is 266 g/mol. The maximum atomic E-state index is 5.64. The van der Waals surface area contributed by atoms with E-state index in [1.165, 1.54) is 4.88 Å². The molecule has 2 rings (SSSR count). The summed E-state index contributed by atoms with van der Waals surface area (Å²) in [4.78, 5) is 11.2. The standard InChI is InChI=1S/C12H18N4OS/c1-4-9(17-5-2)11-14-10(16-13)8-6-7(3)18-12(8)15-11/h6,9H,4-5,13H2,1-3H3,(H,14,15,16). The van der Waals surface area contributed by atoms with Gasteiger partial charge in [0.2, 0.25) is 0 Å². The van der Waals surface area contributed by atoms with Gasteiger partial charge in [-0.15, -0.1) is 11.3 Å². The Morgan fingerprint density at radius 2 is 2.22 bits per heavy atom. The zero-order valence-corrected chi connectivity index (χ0v) is 11.7. The Bertz CT molecular complexity index is 540. The number of nitrogen functional groups attached to an aromatic ring is 1. The zero-order chi connectivity index (χ0) is 13.1. The number of nitrogens with two attached hydrogens (primary N) is 1. The van der Waals surface area contributed by atoms with Crippen LogP contribution in [0.1, 0.15) is 37.1 Å². The van der Waals surface area contributed by atoms with Crippen LogP contribution in [0.4, 0.5) is 5.82 Å². The largest absolute Gasteiger partial charge is 0.371 e. The number of anilines is 1. The van der Waals surface area contributed by atoms with E-state index in [9.17, 15) is 0 Å². The molecule has 0 aliphatic heterocycles. The molecule has 18 heavy (non-hydrogen) atoms. The highest BCUT2D eigenvalue weighted by atomic mass is 32.1. The lowest BCUT2D eigenvalue weighted by atomic mass is 10.2. The lowest BCUT2D eigenvalue weighted by Gasteiger charge is -2.14. The molecule has 0 aromatic carbocycles. The summed E-state index contributed by atoms with van der Waals surface area (Å²) < 4.78 is 5.64. The summed E-state index contributed by atoms with van der Waals surface area (Å²) >= 11 is 1.64. The van der Waals surface area contributed by atoms with E-state index >= 15 is 0 Å². The van der Waals surface area contributed by atoms with Crippen molar-refractivity contribution in [1.82, 2.24) is 9.97 Å². The second-order valence-corrected chi connectivity index (χ2v) is 5.24. The number of hydrogen-bond acceptors (Lipinski definition) is 6. The predicted octanol–water partition coefficient (Wildman–Crippen LogP) is 2.77. The number of ether oxygens (including phenoxy) is 1. The van der Waals surface area contributed by atoms with E-state index in [2.05, 4.69) is 22.3 Å². The van der Waals surface area contributed by atoms with Crippen LogP contribution in [0, 0.1) is 6.92 Å². The van der Waals surface area contributed by atoms with Crippen molar-refractivity contribution in [2.45, 2.75) is 33.3 Å². The van der Waals surface area contributed by atoms with Crippen molar-refractivity contribution in [2.24, 2.45) is 5.84 Å². The summed E-state index contributed by atoms with van der Waals surface area (Å²) in [6.07, 6.45) is 0.766. The van der Waals surface area contributed by atoms with Gasteiger partial charge >= 0.3 is 0 Å². The van der Waals surface area contributed by atoms with Crippen LogP contribution in [0.25, 0.3) is 10.2 Å². The van der Waals surface area contributed by atoms with Crippen LogP contribution in [0.3, 0.4) is 0 Å². The van der Waals surface area contributed by atoms with Gasteiger partial charge in [0.05, 0.1) is 5.39 Å². The molecule has 0 bridgehead atoms. The zero-order valence-electron chi connectivity index (χ0n) is 10.9. The van der Waals surface area contributed by atoms with E-state index in [0.717, 1.165) is 16.6 Å². The summed E-state index contributed by atoms with van der Waals surface area (Å²) in [7, 11) is 0. The van der Waals surface area contributed by atoms with E-state index in [1.807, 2.05) is 19.9 Å². The van der Waals surface area contributed by atoms with Gasteiger partial charge in [0.15, 0.2) is 11.6 Å². The van der Waals surface area contributed by atoms with E-state index < -0.39 is 0 Å². The van der Waals surface area contributed by atoms with Crippen LogP contribution in [0.2, 0.25) is 0 Å². The fourth-order valence-corrected chi connectivity index (χ4v) is 2.78. The third kappa shape index (κ3) is 2.45. The number of fused-ring (bicyclic) bond motifs is 1. The Labute approximate surface area is 110 Å². The minimum absolute atomic E-state index is 0.0751. The molecule has 2 aromatic heterocycles. The number of rotatable bonds is 5. The van der Waals surface area contributed by atoms with Crippen LogP contribution in [0.5, 0.6) is 0 Å². The van der Waals surface area contributed by atoms with Crippen molar-refractivity contribution in [3.8, 4) is 0 Å². The molecule has 0 aliphatic carbocycles. The van der Waals surface area contributed by atoms with Crippen molar-refractivity contribution >= 4 is 27.4 Å². The number of thiophene rings is 1. The van der Waals surface area contributed by atoms with Crippen LogP contribution in [-0.4, -0.2) is 16.6 Å². The molecule has 0 spiro atoms. The normalized spacial score (nSPS) is 12.9. The average Bonchev–Trinajstić information content (AvgIpc) is 2.74. The first-order valence-electron chi connectivity index (χ1n) is 6.05.